The molecule has 0 saturated carbocycles. The van der Waals surface area contributed by atoms with Gasteiger partial charge in [0, 0.05) is 64.2 Å². The largest absolute Gasteiger partial charge is 0.483 e. The van der Waals surface area contributed by atoms with E-state index in [1.165, 1.54) is 18.2 Å². The number of hydrogen-bond donors (Lipinski definition) is 5. The summed E-state index contributed by atoms with van der Waals surface area (Å²) in [6.45, 7) is 3.73. The van der Waals surface area contributed by atoms with E-state index in [9.17, 15) is 43.7 Å². The lowest BCUT2D eigenvalue weighted by atomic mass is 9.93. The van der Waals surface area contributed by atoms with Gasteiger partial charge in [0.05, 0.1) is 5.69 Å². The Morgan fingerprint density at radius 1 is 0.809 bits per heavy atom. The van der Waals surface area contributed by atoms with E-state index < -0.39 is 57.6 Å². The van der Waals surface area contributed by atoms with Gasteiger partial charge in [-0.3, -0.25) is 23.1 Å². The van der Waals surface area contributed by atoms with Gasteiger partial charge < -0.3 is 15.4 Å². The first-order valence-electron chi connectivity index (χ1n) is 14.3. The number of nitrogens with zero attached hydrogens (tertiary/aromatic N) is 3. The van der Waals surface area contributed by atoms with Gasteiger partial charge in [0.15, 0.2) is 6.61 Å². The van der Waals surface area contributed by atoms with E-state index in [1.54, 1.807) is 4.68 Å². The average molecular weight is 710 g/mol. The molecule has 1 heterocycles. The molecule has 0 unspecified atom stereocenters. The van der Waals surface area contributed by atoms with Crippen LogP contribution < -0.4 is 15.4 Å². The lowest BCUT2D eigenvalue weighted by Crippen LogP contribution is -2.30. The molecule has 0 fully saturated rings. The number of amides is 1. The maximum absolute atomic E-state index is 12.6. The quantitative estimate of drug-likeness (QED) is 0.0596. The predicted molar refractivity (Wildman–Crippen MR) is 169 cm³/mol. The summed E-state index contributed by atoms with van der Waals surface area (Å²) in [5.74, 6) is -0.770. The Morgan fingerprint density at radius 2 is 1.36 bits per heavy atom. The molecule has 0 saturated heterocycles. The van der Waals surface area contributed by atoms with Gasteiger partial charge in [0.2, 0.25) is 0 Å². The molecule has 252 valence electrons. The fraction of sp³-hybridized carbons (Fsp3) is 0.321. The van der Waals surface area contributed by atoms with Crippen LogP contribution in [0.2, 0.25) is 0 Å². The number of nitrogens with one attached hydrogen (secondary N) is 2. The van der Waals surface area contributed by atoms with Crippen LogP contribution in [0.5, 0.6) is 5.75 Å². The third kappa shape index (κ3) is 7.45. The second kappa shape index (κ2) is 13.3. The van der Waals surface area contributed by atoms with Crippen LogP contribution in [-0.2, 0) is 48.2 Å². The van der Waals surface area contributed by atoms with Crippen molar-refractivity contribution in [2.45, 2.75) is 54.0 Å². The highest BCUT2D eigenvalue weighted by molar-refractivity contribution is 7.87. The third-order valence-electron chi connectivity index (χ3n) is 7.42. The highest BCUT2D eigenvalue weighted by Crippen LogP contribution is 2.45. The van der Waals surface area contributed by atoms with Crippen LogP contribution in [-0.4, -0.2) is 79.5 Å². The molecule has 16 nitrogen and oxygen atoms in total. The summed E-state index contributed by atoms with van der Waals surface area (Å²) in [7, 11) is -15.1. The molecule has 5 aromatic rings. The highest BCUT2D eigenvalue weighted by Gasteiger charge is 2.28. The molecular formula is C28H31N5O11S3. The number of ether oxygens (including phenoxy) is 1. The third-order valence-corrected chi connectivity index (χ3v) is 10.1. The van der Waals surface area contributed by atoms with Crippen LogP contribution in [0.3, 0.4) is 0 Å². The van der Waals surface area contributed by atoms with Gasteiger partial charge in [-0.2, -0.15) is 25.3 Å². The molecule has 5 N–H and O–H groups in total. The van der Waals surface area contributed by atoms with Crippen LogP contribution in [0.15, 0.2) is 57.3 Å². The number of aryl methyl sites for hydroxylation is 1. The zero-order chi connectivity index (χ0) is 34.1. The van der Waals surface area contributed by atoms with E-state index in [2.05, 4.69) is 27.9 Å². The molecule has 0 aliphatic heterocycles. The lowest BCUT2D eigenvalue weighted by molar-refractivity contribution is -0.123. The molecule has 0 aliphatic carbocycles. The van der Waals surface area contributed by atoms with Crippen molar-refractivity contribution >= 4 is 68.6 Å². The summed E-state index contributed by atoms with van der Waals surface area (Å²) < 4.78 is 111. The standard InChI is InChI=1S/C28H31N5O11S3/c1-2-3-9-29-14-17-15-33(32-31-17)11-4-10-30-26(34)16-44-22-12-23(45(35,36)37)19-7-8-21-25(47(41,42)43)13-24(46(38,39)40)20-6-5-18(22)27(19)28(20)21/h5-8,12-13,15,29H,2-4,9-11,14,16H2,1H3,(H,30,34)(H,35,36,37)(H,38,39,40)(H,41,42,43). The van der Waals surface area contributed by atoms with E-state index >= 15 is 0 Å². The first-order valence-corrected chi connectivity index (χ1v) is 18.6. The van der Waals surface area contributed by atoms with Crippen LogP contribution in [0.25, 0.3) is 32.3 Å². The Kier molecular flexibility index (Phi) is 9.69. The smallest absolute Gasteiger partial charge is 0.295 e. The molecule has 0 bridgehead atoms. The summed E-state index contributed by atoms with van der Waals surface area (Å²) in [5, 5.41) is 13.5. The summed E-state index contributed by atoms with van der Waals surface area (Å²) in [5.41, 5.74) is 0.791. The Labute approximate surface area is 269 Å². The fourth-order valence-electron chi connectivity index (χ4n) is 5.34. The zero-order valence-electron chi connectivity index (χ0n) is 24.9. The van der Waals surface area contributed by atoms with Gasteiger partial charge in [-0.25, -0.2) is 0 Å². The van der Waals surface area contributed by atoms with E-state index in [0.717, 1.165) is 37.2 Å². The van der Waals surface area contributed by atoms with Crippen molar-refractivity contribution in [3.05, 3.63) is 48.3 Å². The molecule has 0 radical (unpaired) electrons. The summed E-state index contributed by atoms with van der Waals surface area (Å²) >= 11 is 0. The molecule has 1 aromatic heterocycles. The lowest BCUT2D eigenvalue weighted by Gasteiger charge is -2.19. The molecule has 47 heavy (non-hydrogen) atoms. The number of carbonyl (C=O) groups is 1. The first-order chi connectivity index (χ1) is 22.1. The van der Waals surface area contributed by atoms with Crippen molar-refractivity contribution in [1.29, 1.82) is 0 Å². The van der Waals surface area contributed by atoms with E-state index in [-0.39, 0.29) is 44.6 Å². The average Bonchev–Trinajstić information content (AvgIpc) is 3.44. The van der Waals surface area contributed by atoms with Crippen LogP contribution >= 0.6 is 0 Å². The molecular weight excluding hydrogens is 679 g/mol. The van der Waals surface area contributed by atoms with Gasteiger partial charge in [-0.1, -0.05) is 36.8 Å². The maximum Gasteiger partial charge on any atom is 0.295 e. The number of benzene rings is 4. The number of unbranched alkanes of at least 4 members (excludes halogenated alkanes) is 1. The minimum absolute atomic E-state index is 0.0614. The van der Waals surface area contributed by atoms with Gasteiger partial charge in [0.1, 0.15) is 20.4 Å². The van der Waals surface area contributed by atoms with Gasteiger partial charge >= 0.3 is 0 Å². The number of aromatic nitrogens is 3. The molecule has 5 rings (SSSR count). The van der Waals surface area contributed by atoms with Crippen molar-refractivity contribution < 1.29 is 48.4 Å². The van der Waals surface area contributed by atoms with Crippen molar-refractivity contribution in [2.75, 3.05) is 19.7 Å². The number of carbonyl (C=O) groups excluding carboxylic acids is 1. The van der Waals surface area contributed by atoms with E-state index in [1.807, 2.05) is 6.20 Å². The summed E-state index contributed by atoms with van der Waals surface area (Å²) in [6.07, 6.45) is 4.46. The Bertz CT molecular complexity index is 2250. The molecule has 1 amide bonds. The van der Waals surface area contributed by atoms with Gasteiger partial charge in [-0.15, -0.1) is 5.10 Å². The SMILES string of the molecule is CCCCNCc1cn(CCCNC(=O)COc2cc(S(=O)(=O)O)c3ccc4c(S(=O)(=O)O)cc(S(=O)(=O)O)c5ccc2c3c54)nn1. The summed E-state index contributed by atoms with van der Waals surface area (Å²) in [6, 6.07) is 6.44. The van der Waals surface area contributed by atoms with Crippen molar-refractivity contribution in [3.8, 4) is 5.75 Å². The van der Waals surface area contributed by atoms with Gasteiger partial charge in [-0.05, 0) is 31.5 Å². The van der Waals surface area contributed by atoms with Crippen LogP contribution in [0.1, 0.15) is 31.9 Å². The predicted octanol–water partition coefficient (Wildman–Crippen LogP) is 2.39. The van der Waals surface area contributed by atoms with Crippen LogP contribution in [0, 0.1) is 0 Å². The van der Waals surface area contributed by atoms with Crippen LogP contribution in [0.4, 0.5) is 0 Å². The topological polar surface area (TPSA) is 244 Å². The second-order valence-corrected chi connectivity index (χ2v) is 14.9. The maximum atomic E-state index is 12.6. The first kappa shape index (κ1) is 34.4. The van der Waals surface area contributed by atoms with Gasteiger partial charge in [0.25, 0.3) is 36.3 Å². The second-order valence-electron chi connectivity index (χ2n) is 10.7. The van der Waals surface area contributed by atoms with E-state index in [4.69, 9.17) is 4.74 Å². The molecule has 0 atom stereocenters. The Hall–Kier alpha value is -3.98. The zero-order valence-corrected chi connectivity index (χ0v) is 27.3. The summed E-state index contributed by atoms with van der Waals surface area (Å²) in [4.78, 5) is 10.2. The molecule has 19 heteroatoms. The minimum atomic E-state index is -5.05. The Balaban J connectivity index is 1.41. The van der Waals surface area contributed by atoms with Crippen molar-refractivity contribution in [3.63, 3.8) is 0 Å². The highest BCUT2D eigenvalue weighted by atomic mass is 32.2. The minimum Gasteiger partial charge on any atom is -0.483 e. The number of rotatable bonds is 15. The molecule has 4 aromatic carbocycles. The molecule has 0 aliphatic rings. The Morgan fingerprint density at radius 3 is 1.94 bits per heavy atom. The van der Waals surface area contributed by atoms with Crippen molar-refractivity contribution in [1.82, 2.24) is 25.6 Å². The normalized spacial score (nSPS) is 12.8. The van der Waals surface area contributed by atoms with E-state index in [0.29, 0.717) is 25.6 Å². The monoisotopic (exact) mass is 709 g/mol. The fourth-order valence-corrected chi connectivity index (χ4v) is 7.54. The molecule has 0 spiro atoms. The van der Waals surface area contributed by atoms with Crippen molar-refractivity contribution in [2.24, 2.45) is 0 Å². The number of hydrogen-bond acceptors (Lipinski definition) is 11.